The number of phenolic OH excluding ortho intramolecular Hbond substituents is 1. The largest absolute Gasteiger partial charge is 0.508 e. The van der Waals surface area contributed by atoms with E-state index < -0.39 is 0 Å². The van der Waals surface area contributed by atoms with Crippen molar-refractivity contribution in [1.82, 2.24) is 5.32 Å². The lowest BCUT2D eigenvalue weighted by molar-refractivity contribution is 0.174. The third-order valence-electron chi connectivity index (χ3n) is 3.29. The van der Waals surface area contributed by atoms with Crippen LogP contribution in [0.3, 0.4) is 0 Å². The van der Waals surface area contributed by atoms with Gasteiger partial charge in [0.15, 0.2) is 11.5 Å². The average molecular weight is 271 g/mol. The molecule has 2 aromatic carbocycles. The van der Waals surface area contributed by atoms with Crippen LogP contribution >= 0.6 is 0 Å². The number of aromatic hydroxyl groups is 1. The van der Waals surface area contributed by atoms with Gasteiger partial charge in [-0.3, -0.25) is 0 Å². The molecule has 2 aromatic rings. The molecule has 0 radical (unpaired) electrons. The van der Waals surface area contributed by atoms with Gasteiger partial charge in [0.05, 0.1) is 0 Å². The lowest BCUT2D eigenvalue weighted by atomic mass is 10.1. The van der Waals surface area contributed by atoms with Crippen LogP contribution in [-0.2, 0) is 13.0 Å². The van der Waals surface area contributed by atoms with E-state index in [-0.39, 0.29) is 0 Å². The number of rotatable bonds is 5. The van der Waals surface area contributed by atoms with E-state index in [0.29, 0.717) is 12.5 Å². The van der Waals surface area contributed by atoms with Crippen LogP contribution in [0.25, 0.3) is 0 Å². The topological polar surface area (TPSA) is 50.7 Å². The fourth-order valence-corrected chi connectivity index (χ4v) is 2.18. The lowest BCUT2D eigenvalue weighted by Crippen LogP contribution is -2.16. The van der Waals surface area contributed by atoms with E-state index in [9.17, 15) is 5.11 Å². The summed E-state index contributed by atoms with van der Waals surface area (Å²) in [5.74, 6) is 1.95. The summed E-state index contributed by atoms with van der Waals surface area (Å²) in [6.07, 6.45) is 0.935. The smallest absolute Gasteiger partial charge is 0.231 e. The molecule has 3 rings (SSSR count). The Labute approximate surface area is 118 Å². The van der Waals surface area contributed by atoms with Crippen LogP contribution in [0, 0.1) is 0 Å². The molecule has 0 fully saturated rings. The molecule has 1 aliphatic heterocycles. The molecule has 0 aliphatic carbocycles. The number of fused-ring (bicyclic) bond motifs is 1. The van der Waals surface area contributed by atoms with E-state index >= 15 is 0 Å². The molecule has 20 heavy (non-hydrogen) atoms. The van der Waals surface area contributed by atoms with E-state index in [4.69, 9.17) is 9.47 Å². The number of hydrogen-bond acceptors (Lipinski definition) is 4. The Morgan fingerprint density at radius 2 is 1.70 bits per heavy atom. The van der Waals surface area contributed by atoms with Crippen LogP contribution in [0.1, 0.15) is 11.1 Å². The average Bonchev–Trinajstić information content (AvgIpc) is 2.93. The van der Waals surface area contributed by atoms with E-state index in [0.717, 1.165) is 31.0 Å². The molecule has 0 saturated carbocycles. The van der Waals surface area contributed by atoms with Crippen LogP contribution in [0.15, 0.2) is 42.5 Å². The predicted octanol–water partition coefficient (Wildman–Crippen LogP) is 2.45. The van der Waals surface area contributed by atoms with Gasteiger partial charge >= 0.3 is 0 Å². The highest BCUT2D eigenvalue weighted by atomic mass is 16.7. The fraction of sp³-hybridized carbons (Fsp3) is 0.250. The van der Waals surface area contributed by atoms with Crippen LogP contribution < -0.4 is 14.8 Å². The summed E-state index contributed by atoms with van der Waals surface area (Å²) in [7, 11) is 0. The van der Waals surface area contributed by atoms with E-state index in [1.165, 1.54) is 11.1 Å². The van der Waals surface area contributed by atoms with Crippen molar-refractivity contribution in [3.05, 3.63) is 53.6 Å². The van der Waals surface area contributed by atoms with Gasteiger partial charge in [0.25, 0.3) is 0 Å². The summed E-state index contributed by atoms with van der Waals surface area (Å²) < 4.78 is 10.6. The molecule has 0 spiro atoms. The van der Waals surface area contributed by atoms with Gasteiger partial charge in [0.2, 0.25) is 6.79 Å². The number of hydrogen-bond donors (Lipinski definition) is 2. The Balaban J connectivity index is 1.47. The highest BCUT2D eigenvalue weighted by molar-refractivity contribution is 5.44. The highest BCUT2D eigenvalue weighted by Gasteiger charge is 2.12. The van der Waals surface area contributed by atoms with Crippen molar-refractivity contribution >= 4 is 0 Å². The van der Waals surface area contributed by atoms with Gasteiger partial charge in [0.1, 0.15) is 5.75 Å². The molecular weight excluding hydrogens is 254 g/mol. The van der Waals surface area contributed by atoms with Gasteiger partial charge in [-0.2, -0.15) is 0 Å². The molecule has 0 amide bonds. The van der Waals surface area contributed by atoms with Gasteiger partial charge in [0, 0.05) is 6.54 Å². The number of benzene rings is 2. The fourth-order valence-electron chi connectivity index (χ4n) is 2.18. The molecule has 0 aromatic heterocycles. The molecule has 1 aliphatic rings. The first-order valence-electron chi connectivity index (χ1n) is 6.68. The first kappa shape index (κ1) is 12.8. The van der Waals surface area contributed by atoms with Crippen molar-refractivity contribution in [3.63, 3.8) is 0 Å². The molecule has 0 bridgehead atoms. The SMILES string of the molecule is Oc1ccc(CCNCc2ccc3c(c2)OCO3)cc1. The lowest BCUT2D eigenvalue weighted by Gasteiger charge is -2.06. The van der Waals surface area contributed by atoms with Gasteiger partial charge in [-0.05, 0) is 48.4 Å². The zero-order valence-electron chi connectivity index (χ0n) is 11.1. The van der Waals surface area contributed by atoms with Crippen LogP contribution in [-0.4, -0.2) is 18.4 Å². The minimum Gasteiger partial charge on any atom is -0.508 e. The molecule has 4 heteroatoms. The summed E-state index contributed by atoms with van der Waals surface area (Å²) in [5, 5.41) is 12.6. The van der Waals surface area contributed by atoms with Gasteiger partial charge in [-0.1, -0.05) is 18.2 Å². The molecule has 0 unspecified atom stereocenters. The Morgan fingerprint density at radius 1 is 0.950 bits per heavy atom. The third kappa shape index (κ3) is 3.03. The molecule has 4 nitrogen and oxygen atoms in total. The quantitative estimate of drug-likeness (QED) is 0.820. The zero-order valence-corrected chi connectivity index (χ0v) is 11.1. The summed E-state index contributed by atoms with van der Waals surface area (Å²) in [5.41, 5.74) is 2.39. The molecule has 104 valence electrons. The van der Waals surface area contributed by atoms with Crippen molar-refractivity contribution < 1.29 is 14.6 Å². The Kier molecular flexibility index (Phi) is 3.74. The van der Waals surface area contributed by atoms with Crippen molar-refractivity contribution in [2.24, 2.45) is 0 Å². The van der Waals surface area contributed by atoms with Crippen LogP contribution in [0.2, 0.25) is 0 Å². The zero-order chi connectivity index (χ0) is 13.8. The van der Waals surface area contributed by atoms with Crippen LogP contribution in [0.4, 0.5) is 0 Å². The number of phenols is 1. The van der Waals surface area contributed by atoms with Gasteiger partial charge in [-0.25, -0.2) is 0 Å². The van der Waals surface area contributed by atoms with E-state index in [1.807, 2.05) is 30.3 Å². The summed E-state index contributed by atoms with van der Waals surface area (Å²) >= 11 is 0. The van der Waals surface area contributed by atoms with Gasteiger partial charge < -0.3 is 19.9 Å². The molecule has 0 saturated heterocycles. The molecular formula is C16H17NO3. The maximum Gasteiger partial charge on any atom is 0.231 e. The monoisotopic (exact) mass is 271 g/mol. The minimum atomic E-state index is 0.307. The standard InChI is InChI=1S/C16H17NO3/c18-14-4-1-12(2-5-14)7-8-17-10-13-3-6-15-16(9-13)20-11-19-15/h1-6,9,17-18H,7-8,10-11H2. The summed E-state index contributed by atoms with van der Waals surface area (Å²) in [6, 6.07) is 13.3. The number of nitrogens with one attached hydrogen (secondary N) is 1. The van der Waals surface area contributed by atoms with Crippen LogP contribution in [0.5, 0.6) is 17.2 Å². The maximum absolute atomic E-state index is 9.22. The third-order valence-corrected chi connectivity index (χ3v) is 3.29. The molecule has 1 heterocycles. The minimum absolute atomic E-state index is 0.307. The Bertz CT molecular complexity index is 581. The normalized spacial score (nSPS) is 12.6. The second kappa shape index (κ2) is 5.84. The van der Waals surface area contributed by atoms with Crippen molar-refractivity contribution in [2.75, 3.05) is 13.3 Å². The van der Waals surface area contributed by atoms with E-state index in [2.05, 4.69) is 5.32 Å². The predicted molar refractivity (Wildman–Crippen MR) is 76.1 cm³/mol. The first-order chi connectivity index (χ1) is 9.81. The number of ether oxygens (including phenoxy) is 2. The molecule has 0 atom stereocenters. The van der Waals surface area contributed by atoms with Gasteiger partial charge in [-0.15, -0.1) is 0 Å². The second-order valence-electron chi connectivity index (χ2n) is 4.78. The Hall–Kier alpha value is -2.20. The van der Waals surface area contributed by atoms with Crippen molar-refractivity contribution in [2.45, 2.75) is 13.0 Å². The Morgan fingerprint density at radius 3 is 2.55 bits per heavy atom. The van der Waals surface area contributed by atoms with Crippen molar-refractivity contribution in [3.8, 4) is 17.2 Å². The highest BCUT2D eigenvalue weighted by Crippen LogP contribution is 2.32. The summed E-state index contributed by atoms with van der Waals surface area (Å²) in [6.45, 7) is 2.00. The second-order valence-corrected chi connectivity index (χ2v) is 4.78. The molecule has 2 N–H and O–H groups in total. The summed E-state index contributed by atoms with van der Waals surface area (Å²) in [4.78, 5) is 0. The maximum atomic E-state index is 9.22. The van der Waals surface area contributed by atoms with Crippen molar-refractivity contribution in [1.29, 1.82) is 0 Å². The van der Waals surface area contributed by atoms with E-state index in [1.54, 1.807) is 12.1 Å². The first-order valence-corrected chi connectivity index (χ1v) is 6.68.